The molecule has 0 radical (unpaired) electrons. The minimum absolute atomic E-state index is 0.210. The molecule has 0 aliphatic heterocycles. The molecule has 1 aliphatic rings. The van der Waals surface area contributed by atoms with Gasteiger partial charge in [0.1, 0.15) is 10.6 Å². The second kappa shape index (κ2) is 8.85. The van der Waals surface area contributed by atoms with Crippen LogP contribution in [0.15, 0.2) is 65.6 Å². The fraction of sp³-hybridized carbons (Fsp3) is 0.308. The fourth-order valence-electron chi connectivity index (χ4n) is 4.43. The van der Waals surface area contributed by atoms with Crippen LogP contribution in [0.25, 0.3) is 0 Å². The van der Waals surface area contributed by atoms with Crippen LogP contribution in [-0.4, -0.2) is 15.5 Å². The number of methoxy groups -OCH3 is 1. The van der Waals surface area contributed by atoms with Crippen LogP contribution in [0, 0.1) is 13.8 Å². The van der Waals surface area contributed by atoms with Gasteiger partial charge in [-0.3, -0.25) is 0 Å². The van der Waals surface area contributed by atoms with Gasteiger partial charge in [0.2, 0.25) is 10.0 Å². The molecule has 31 heavy (non-hydrogen) atoms. The zero-order chi connectivity index (χ0) is 22.0. The Morgan fingerprint density at radius 1 is 0.903 bits per heavy atom. The van der Waals surface area contributed by atoms with E-state index in [0.29, 0.717) is 5.75 Å². The first-order valence-corrected chi connectivity index (χ1v) is 12.2. The minimum Gasteiger partial charge on any atom is -0.495 e. The van der Waals surface area contributed by atoms with Crippen LogP contribution in [0.3, 0.4) is 0 Å². The highest BCUT2D eigenvalue weighted by molar-refractivity contribution is 7.89. The van der Waals surface area contributed by atoms with Crippen molar-refractivity contribution in [3.8, 4) is 5.75 Å². The second-order valence-electron chi connectivity index (χ2n) is 8.30. The Bertz CT molecular complexity index is 1190. The first-order chi connectivity index (χ1) is 14.9. The molecule has 1 unspecified atom stereocenters. The number of benzene rings is 3. The van der Waals surface area contributed by atoms with Gasteiger partial charge in [0.15, 0.2) is 0 Å². The zero-order valence-electron chi connectivity index (χ0n) is 18.3. The lowest BCUT2D eigenvalue weighted by atomic mass is 9.92. The molecule has 1 atom stereocenters. The topological polar surface area (TPSA) is 55.4 Å². The molecule has 0 fully saturated rings. The molecule has 1 aliphatic carbocycles. The summed E-state index contributed by atoms with van der Waals surface area (Å²) in [6.07, 6.45) is 4.08. The molecule has 0 amide bonds. The van der Waals surface area contributed by atoms with Gasteiger partial charge in [-0.2, -0.15) is 4.72 Å². The van der Waals surface area contributed by atoms with Gasteiger partial charge in [-0.05, 0) is 79.5 Å². The van der Waals surface area contributed by atoms with E-state index >= 15 is 0 Å². The zero-order valence-corrected chi connectivity index (χ0v) is 19.1. The van der Waals surface area contributed by atoms with Gasteiger partial charge >= 0.3 is 0 Å². The van der Waals surface area contributed by atoms with E-state index in [1.165, 1.54) is 12.7 Å². The summed E-state index contributed by atoms with van der Waals surface area (Å²) in [5, 5.41) is 0. The van der Waals surface area contributed by atoms with Crippen molar-refractivity contribution in [1.29, 1.82) is 0 Å². The molecule has 0 aromatic heterocycles. The third kappa shape index (κ3) is 4.53. The molecular formula is C26H29NO3S. The predicted molar refractivity (Wildman–Crippen MR) is 124 cm³/mol. The standard InChI is InChI=1S/C26H29NO3S/c1-18-13-14-23(19(2)15-18)26(20-9-5-4-6-10-20)27-31(28,29)25-17-22-12-8-7-11-21(22)16-24(25)30-3/h4-6,9-10,13-17,26-27H,7-8,11-12H2,1-3H3. The lowest BCUT2D eigenvalue weighted by molar-refractivity contribution is 0.400. The van der Waals surface area contributed by atoms with Crippen LogP contribution < -0.4 is 9.46 Å². The first kappa shape index (κ1) is 21.6. The Balaban J connectivity index is 1.79. The van der Waals surface area contributed by atoms with Gasteiger partial charge in [-0.15, -0.1) is 0 Å². The molecule has 162 valence electrons. The van der Waals surface area contributed by atoms with Gasteiger partial charge in [0.05, 0.1) is 13.2 Å². The highest BCUT2D eigenvalue weighted by atomic mass is 32.2. The Hall–Kier alpha value is -2.63. The molecule has 0 saturated carbocycles. The van der Waals surface area contributed by atoms with Crippen molar-refractivity contribution in [1.82, 2.24) is 4.72 Å². The van der Waals surface area contributed by atoms with Crippen molar-refractivity contribution in [2.75, 3.05) is 7.11 Å². The molecule has 0 spiro atoms. The van der Waals surface area contributed by atoms with E-state index in [0.717, 1.165) is 53.5 Å². The van der Waals surface area contributed by atoms with E-state index in [1.54, 1.807) is 6.07 Å². The number of ether oxygens (including phenoxy) is 1. The fourth-order valence-corrected chi connectivity index (χ4v) is 5.84. The SMILES string of the molecule is COc1cc2c(cc1S(=O)(=O)NC(c1ccccc1)c1ccc(C)cc1C)CCCC2. The quantitative estimate of drug-likeness (QED) is 0.575. The summed E-state index contributed by atoms with van der Waals surface area (Å²) in [6.45, 7) is 4.06. The molecule has 0 bridgehead atoms. The highest BCUT2D eigenvalue weighted by Crippen LogP contribution is 2.34. The summed E-state index contributed by atoms with van der Waals surface area (Å²) in [7, 11) is -2.30. The van der Waals surface area contributed by atoms with E-state index in [-0.39, 0.29) is 4.90 Å². The molecule has 5 heteroatoms. The maximum absolute atomic E-state index is 13.6. The summed E-state index contributed by atoms with van der Waals surface area (Å²) in [6, 6.07) is 19.0. The third-order valence-electron chi connectivity index (χ3n) is 6.06. The highest BCUT2D eigenvalue weighted by Gasteiger charge is 2.28. The Morgan fingerprint density at radius 3 is 2.23 bits per heavy atom. The van der Waals surface area contributed by atoms with Crippen molar-refractivity contribution < 1.29 is 13.2 Å². The monoisotopic (exact) mass is 435 g/mol. The number of nitrogens with one attached hydrogen (secondary N) is 1. The van der Waals surface area contributed by atoms with Crippen LogP contribution in [0.4, 0.5) is 0 Å². The molecule has 0 heterocycles. The number of sulfonamides is 1. The summed E-state index contributed by atoms with van der Waals surface area (Å²) in [5.74, 6) is 0.403. The molecule has 4 rings (SSSR count). The lowest BCUT2D eigenvalue weighted by Gasteiger charge is -2.24. The Labute approximate surface area is 185 Å². The number of rotatable bonds is 6. The summed E-state index contributed by atoms with van der Waals surface area (Å²) < 4.78 is 35.8. The van der Waals surface area contributed by atoms with Crippen LogP contribution in [0.2, 0.25) is 0 Å². The number of aryl methyl sites for hydroxylation is 4. The first-order valence-electron chi connectivity index (χ1n) is 10.7. The Morgan fingerprint density at radius 2 is 1.58 bits per heavy atom. The summed E-state index contributed by atoms with van der Waals surface area (Å²) in [4.78, 5) is 0.210. The van der Waals surface area contributed by atoms with Crippen LogP contribution in [0.5, 0.6) is 5.75 Å². The predicted octanol–water partition coefficient (Wildman–Crippen LogP) is 5.26. The summed E-state index contributed by atoms with van der Waals surface area (Å²) >= 11 is 0. The maximum Gasteiger partial charge on any atom is 0.245 e. The van der Waals surface area contributed by atoms with Crippen molar-refractivity contribution in [2.24, 2.45) is 0 Å². The molecule has 0 saturated heterocycles. The largest absolute Gasteiger partial charge is 0.495 e. The van der Waals surface area contributed by atoms with Gasteiger partial charge in [-0.25, -0.2) is 8.42 Å². The van der Waals surface area contributed by atoms with E-state index in [9.17, 15) is 8.42 Å². The van der Waals surface area contributed by atoms with Crippen LogP contribution >= 0.6 is 0 Å². The number of fused-ring (bicyclic) bond motifs is 1. The number of hydrogen-bond acceptors (Lipinski definition) is 3. The van der Waals surface area contributed by atoms with E-state index in [2.05, 4.69) is 10.8 Å². The normalized spacial score (nSPS) is 14.7. The lowest BCUT2D eigenvalue weighted by Crippen LogP contribution is -2.30. The molecule has 3 aromatic carbocycles. The van der Waals surface area contributed by atoms with Gasteiger partial charge in [-0.1, -0.05) is 54.1 Å². The van der Waals surface area contributed by atoms with Gasteiger partial charge < -0.3 is 4.74 Å². The van der Waals surface area contributed by atoms with Crippen molar-refractivity contribution in [3.05, 3.63) is 94.0 Å². The Kier molecular flexibility index (Phi) is 6.17. The van der Waals surface area contributed by atoms with E-state index in [4.69, 9.17) is 4.74 Å². The molecule has 4 nitrogen and oxygen atoms in total. The van der Waals surface area contributed by atoms with E-state index in [1.807, 2.05) is 62.4 Å². The van der Waals surface area contributed by atoms with E-state index < -0.39 is 16.1 Å². The van der Waals surface area contributed by atoms with Crippen LogP contribution in [-0.2, 0) is 22.9 Å². The van der Waals surface area contributed by atoms with Crippen molar-refractivity contribution in [3.63, 3.8) is 0 Å². The number of hydrogen-bond donors (Lipinski definition) is 1. The molecule has 3 aromatic rings. The summed E-state index contributed by atoms with van der Waals surface area (Å²) in [5.41, 5.74) is 6.33. The maximum atomic E-state index is 13.6. The molecular weight excluding hydrogens is 406 g/mol. The van der Waals surface area contributed by atoms with Gasteiger partial charge in [0.25, 0.3) is 0 Å². The average molecular weight is 436 g/mol. The van der Waals surface area contributed by atoms with Crippen LogP contribution in [0.1, 0.15) is 52.3 Å². The minimum atomic E-state index is -3.83. The molecule has 1 N–H and O–H groups in total. The third-order valence-corrected chi connectivity index (χ3v) is 7.50. The average Bonchev–Trinajstić information content (AvgIpc) is 2.77. The van der Waals surface area contributed by atoms with Crippen molar-refractivity contribution >= 4 is 10.0 Å². The smallest absolute Gasteiger partial charge is 0.245 e. The van der Waals surface area contributed by atoms with Crippen molar-refractivity contribution in [2.45, 2.75) is 50.5 Å². The van der Waals surface area contributed by atoms with Gasteiger partial charge in [0, 0.05) is 0 Å². The second-order valence-corrected chi connectivity index (χ2v) is 9.99.